The normalized spacial score (nSPS) is 16.0. The molecule has 0 spiro atoms. The molecule has 0 saturated carbocycles. The van der Waals surface area contributed by atoms with Gasteiger partial charge in [-0.25, -0.2) is 0 Å². The van der Waals surface area contributed by atoms with Gasteiger partial charge in [-0.2, -0.15) is 0 Å². The third-order valence-corrected chi connectivity index (χ3v) is 5.44. The van der Waals surface area contributed by atoms with Gasteiger partial charge in [0, 0.05) is 18.8 Å². The second-order valence-corrected chi connectivity index (χ2v) is 7.67. The van der Waals surface area contributed by atoms with Crippen molar-refractivity contribution in [2.45, 2.75) is 38.5 Å². The summed E-state index contributed by atoms with van der Waals surface area (Å²) < 4.78 is 0. The molecule has 2 aromatic carbocycles. The first-order chi connectivity index (χ1) is 12.0. The number of carbonyl (C=O) groups excluding carboxylic acids is 1. The lowest BCUT2D eigenvalue weighted by Crippen LogP contribution is -2.47. The third kappa shape index (κ3) is 4.04. The zero-order chi connectivity index (χ0) is 17.9. The Morgan fingerprint density at radius 3 is 2.24 bits per heavy atom. The van der Waals surface area contributed by atoms with Gasteiger partial charge in [0.15, 0.2) is 0 Å². The number of likely N-dealkylation sites (tertiary alicyclic amines) is 1. The highest BCUT2D eigenvalue weighted by atomic mass is 16.2. The summed E-state index contributed by atoms with van der Waals surface area (Å²) in [5.74, 6) is 0.890. The number of carbonyl (C=O) groups is 1. The van der Waals surface area contributed by atoms with Crippen molar-refractivity contribution in [3.8, 4) is 0 Å². The summed E-state index contributed by atoms with van der Waals surface area (Å²) in [6.07, 6.45) is 3.28. The van der Waals surface area contributed by atoms with Crippen LogP contribution < -0.4 is 5.73 Å². The van der Waals surface area contributed by atoms with Crippen molar-refractivity contribution in [3.63, 3.8) is 0 Å². The monoisotopic (exact) mass is 336 g/mol. The van der Waals surface area contributed by atoms with E-state index in [9.17, 15) is 4.79 Å². The van der Waals surface area contributed by atoms with Gasteiger partial charge >= 0.3 is 0 Å². The fourth-order valence-electron chi connectivity index (χ4n) is 3.71. The predicted molar refractivity (Wildman–Crippen MR) is 103 cm³/mol. The Morgan fingerprint density at radius 1 is 1.04 bits per heavy atom. The van der Waals surface area contributed by atoms with Crippen LogP contribution in [0.4, 0.5) is 5.69 Å². The van der Waals surface area contributed by atoms with E-state index >= 15 is 0 Å². The molecule has 0 unspecified atom stereocenters. The summed E-state index contributed by atoms with van der Waals surface area (Å²) in [7, 11) is 0. The van der Waals surface area contributed by atoms with Crippen molar-refractivity contribution in [1.82, 2.24) is 4.90 Å². The summed E-state index contributed by atoms with van der Waals surface area (Å²) in [6.45, 7) is 5.73. The van der Waals surface area contributed by atoms with Crippen LogP contribution in [0.25, 0.3) is 0 Å². The molecule has 132 valence electrons. The second kappa shape index (κ2) is 7.30. The smallest absolute Gasteiger partial charge is 0.232 e. The lowest BCUT2D eigenvalue weighted by molar-refractivity contribution is -0.137. The van der Waals surface area contributed by atoms with Crippen molar-refractivity contribution in [1.29, 1.82) is 0 Å². The quantitative estimate of drug-likeness (QED) is 0.857. The molecule has 0 aliphatic carbocycles. The van der Waals surface area contributed by atoms with Crippen LogP contribution in [0.5, 0.6) is 0 Å². The number of hydrogen-bond acceptors (Lipinski definition) is 2. The Morgan fingerprint density at radius 2 is 1.64 bits per heavy atom. The molecule has 1 fully saturated rings. The van der Waals surface area contributed by atoms with Crippen molar-refractivity contribution in [2.24, 2.45) is 5.92 Å². The van der Waals surface area contributed by atoms with E-state index in [1.165, 1.54) is 5.56 Å². The van der Waals surface area contributed by atoms with Gasteiger partial charge in [-0.15, -0.1) is 0 Å². The fourth-order valence-corrected chi connectivity index (χ4v) is 3.71. The van der Waals surface area contributed by atoms with E-state index in [-0.39, 0.29) is 5.91 Å². The Bertz CT molecular complexity index is 699. The predicted octanol–water partition coefficient (Wildman–Crippen LogP) is 4.03. The molecule has 0 radical (unpaired) electrons. The van der Waals surface area contributed by atoms with E-state index in [1.54, 1.807) is 0 Å². The van der Waals surface area contributed by atoms with Crippen LogP contribution in [-0.4, -0.2) is 23.9 Å². The molecule has 1 heterocycles. The number of amides is 1. The van der Waals surface area contributed by atoms with Gasteiger partial charge in [-0.3, -0.25) is 4.79 Å². The fraction of sp³-hybridized carbons (Fsp3) is 0.409. The molecule has 2 aromatic rings. The number of piperidine rings is 1. The molecule has 0 atom stereocenters. The Kier molecular flexibility index (Phi) is 5.12. The molecule has 0 bridgehead atoms. The van der Waals surface area contributed by atoms with Crippen LogP contribution in [-0.2, 0) is 16.6 Å². The van der Waals surface area contributed by atoms with Crippen LogP contribution in [0.2, 0.25) is 0 Å². The number of hydrogen-bond donors (Lipinski definition) is 1. The topological polar surface area (TPSA) is 46.3 Å². The Hall–Kier alpha value is -2.29. The lowest BCUT2D eigenvalue weighted by Gasteiger charge is -2.37. The molecule has 3 rings (SSSR count). The largest absolute Gasteiger partial charge is 0.399 e. The van der Waals surface area contributed by atoms with Gasteiger partial charge in [0.25, 0.3) is 0 Å². The number of rotatable bonds is 4. The van der Waals surface area contributed by atoms with Gasteiger partial charge < -0.3 is 10.6 Å². The number of benzene rings is 2. The average Bonchev–Trinajstić information content (AvgIpc) is 2.63. The lowest BCUT2D eigenvalue weighted by atomic mass is 9.82. The molecular weight excluding hydrogens is 308 g/mol. The zero-order valence-electron chi connectivity index (χ0n) is 15.2. The maximum absolute atomic E-state index is 13.1. The van der Waals surface area contributed by atoms with Gasteiger partial charge in [0.1, 0.15) is 0 Å². The highest BCUT2D eigenvalue weighted by molar-refractivity contribution is 5.87. The Labute approximate surface area is 150 Å². The van der Waals surface area contributed by atoms with Crippen molar-refractivity contribution in [2.75, 3.05) is 18.8 Å². The summed E-state index contributed by atoms with van der Waals surface area (Å²) >= 11 is 0. The summed E-state index contributed by atoms with van der Waals surface area (Å²) in [5.41, 5.74) is 8.41. The first kappa shape index (κ1) is 17.5. The Balaban J connectivity index is 1.60. The minimum atomic E-state index is -0.514. The van der Waals surface area contributed by atoms with E-state index < -0.39 is 5.41 Å². The van der Waals surface area contributed by atoms with E-state index in [4.69, 9.17) is 5.73 Å². The number of anilines is 1. The van der Waals surface area contributed by atoms with Crippen molar-refractivity contribution >= 4 is 11.6 Å². The molecule has 25 heavy (non-hydrogen) atoms. The molecule has 3 nitrogen and oxygen atoms in total. The standard InChI is InChI=1S/C22H28N2O/c1-22(2,19-8-10-20(23)11-9-19)21(25)24-14-12-18(13-15-24)16-17-6-4-3-5-7-17/h3-11,18H,12-16,23H2,1-2H3. The van der Waals surface area contributed by atoms with Gasteiger partial charge in [-0.1, -0.05) is 42.5 Å². The van der Waals surface area contributed by atoms with Crippen LogP contribution in [0.3, 0.4) is 0 Å². The van der Waals surface area contributed by atoms with E-state index in [0.717, 1.165) is 43.6 Å². The van der Waals surface area contributed by atoms with Gasteiger partial charge in [-0.05, 0) is 62.3 Å². The van der Waals surface area contributed by atoms with Crippen LogP contribution >= 0.6 is 0 Å². The minimum Gasteiger partial charge on any atom is -0.399 e. The molecule has 1 aliphatic heterocycles. The van der Waals surface area contributed by atoms with E-state index in [2.05, 4.69) is 30.3 Å². The number of nitrogen functional groups attached to an aromatic ring is 1. The molecule has 3 heteroatoms. The molecule has 1 aliphatic rings. The van der Waals surface area contributed by atoms with Crippen LogP contribution in [0, 0.1) is 5.92 Å². The molecule has 1 saturated heterocycles. The molecular formula is C22H28N2O. The highest BCUT2D eigenvalue weighted by Crippen LogP contribution is 2.29. The van der Waals surface area contributed by atoms with Gasteiger partial charge in [0.2, 0.25) is 5.91 Å². The molecule has 0 aromatic heterocycles. The van der Waals surface area contributed by atoms with Crippen molar-refractivity contribution < 1.29 is 4.79 Å². The first-order valence-corrected chi connectivity index (χ1v) is 9.16. The average molecular weight is 336 g/mol. The van der Waals surface area contributed by atoms with E-state index in [1.807, 2.05) is 43.0 Å². The second-order valence-electron chi connectivity index (χ2n) is 7.67. The summed E-state index contributed by atoms with van der Waals surface area (Å²) in [6, 6.07) is 18.3. The SMILES string of the molecule is CC(C)(C(=O)N1CCC(Cc2ccccc2)CC1)c1ccc(N)cc1. The van der Waals surface area contributed by atoms with Gasteiger partial charge in [0.05, 0.1) is 5.41 Å². The van der Waals surface area contributed by atoms with Crippen LogP contribution in [0.15, 0.2) is 54.6 Å². The zero-order valence-corrected chi connectivity index (χ0v) is 15.2. The summed E-state index contributed by atoms with van der Waals surface area (Å²) in [4.78, 5) is 15.1. The highest BCUT2D eigenvalue weighted by Gasteiger charge is 2.35. The summed E-state index contributed by atoms with van der Waals surface area (Å²) in [5, 5.41) is 0. The third-order valence-electron chi connectivity index (χ3n) is 5.44. The first-order valence-electron chi connectivity index (χ1n) is 9.16. The number of nitrogens with zero attached hydrogens (tertiary/aromatic N) is 1. The van der Waals surface area contributed by atoms with E-state index in [0.29, 0.717) is 5.92 Å². The molecule has 1 amide bonds. The van der Waals surface area contributed by atoms with Crippen LogP contribution in [0.1, 0.15) is 37.8 Å². The van der Waals surface area contributed by atoms with Crippen molar-refractivity contribution in [3.05, 3.63) is 65.7 Å². The maximum atomic E-state index is 13.1. The minimum absolute atomic E-state index is 0.218. The number of nitrogens with two attached hydrogens (primary N) is 1. The molecule has 2 N–H and O–H groups in total. The maximum Gasteiger partial charge on any atom is 0.232 e.